The summed E-state index contributed by atoms with van der Waals surface area (Å²) in [7, 11) is 0. The van der Waals surface area contributed by atoms with Crippen LogP contribution < -0.4 is 0 Å². The molecule has 0 unspecified atom stereocenters. The van der Waals surface area contributed by atoms with E-state index in [-0.39, 0.29) is 19.4 Å². The molecule has 0 radical (unpaired) electrons. The summed E-state index contributed by atoms with van der Waals surface area (Å²) in [5, 5.41) is 0. The Morgan fingerprint density at radius 1 is 0.667 bits per heavy atom. The highest BCUT2D eigenvalue weighted by atomic mass is 16.6. The zero-order valence-electron chi connectivity index (χ0n) is 27.5. The first kappa shape index (κ1) is 34.4. The second-order valence-corrected chi connectivity index (χ2v) is 13.4. The van der Waals surface area contributed by atoms with Crippen LogP contribution in [-0.2, 0) is 61.9 Å². The van der Waals surface area contributed by atoms with E-state index in [1.165, 1.54) is 41.5 Å². The molecule has 0 aromatic rings. The third-order valence-electron chi connectivity index (χ3n) is 10.0. The predicted molar refractivity (Wildman–Crippen MR) is 153 cm³/mol. The lowest BCUT2D eigenvalue weighted by molar-refractivity contribution is -0.258. The van der Waals surface area contributed by atoms with Crippen molar-refractivity contribution in [3.63, 3.8) is 0 Å². The normalized spacial score (nSPS) is 38.0. The van der Waals surface area contributed by atoms with Crippen LogP contribution in [-0.4, -0.2) is 84.6 Å². The summed E-state index contributed by atoms with van der Waals surface area (Å²) in [5.74, 6) is -5.35. The van der Waals surface area contributed by atoms with E-state index >= 15 is 0 Å². The fourth-order valence-corrected chi connectivity index (χ4v) is 8.51. The monoisotopic (exact) mass is 636 g/mol. The van der Waals surface area contributed by atoms with Gasteiger partial charge < -0.3 is 33.2 Å². The van der Waals surface area contributed by atoms with E-state index in [4.69, 9.17) is 33.2 Å². The summed E-state index contributed by atoms with van der Waals surface area (Å²) in [6, 6.07) is 0. The minimum absolute atomic E-state index is 0.0360. The molecule has 13 heteroatoms. The van der Waals surface area contributed by atoms with Crippen LogP contribution in [0.1, 0.15) is 82.1 Å². The minimum Gasteiger partial charge on any atom is -0.462 e. The first-order valence-electron chi connectivity index (χ1n) is 15.2. The number of fused-ring (bicyclic) bond motifs is 4. The van der Waals surface area contributed by atoms with Gasteiger partial charge in [0.25, 0.3) is 0 Å². The van der Waals surface area contributed by atoms with E-state index in [0.29, 0.717) is 11.1 Å². The summed E-state index contributed by atoms with van der Waals surface area (Å²) in [6.45, 7) is 14.8. The molecule has 1 aliphatic heterocycles. The third kappa shape index (κ3) is 6.07. The molecule has 2 bridgehead atoms. The van der Waals surface area contributed by atoms with Crippen LogP contribution in [0.5, 0.6) is 0 Å². The Bertz CT molecular complexity index is 1310. The van der Waals surface area contributed by atoms with Crippen molar-refractivity contribution in [2.75, 3.05) is 6.61 Å². The molecule has 45 heavy (non-hydrogen) atoms. The van der Waals surface area contributed by atoms with E-state index in [1.807, 2.05) is 13.8 Å². The Balaban J connectivity index is 2.15. The Kier molecular flexibility index (Phi) is 9.20. The molecule has 4 rings (SSSR count). The molecule has 0 aromatic carbocycles. The van der Waals surface area contributed by atoms with Crippen molar-refractivity contribution >= 4 is 35.8 Å². The molecular formula is C32H44O13. The molecule has 1 spiro atoms. The number of carbonyl (C=O) groups excluding carboxylic acids is 6. The van der Waals surface area contributed by atoms with Gasteiger partial charge in [-0.3, -0.25) is 28.8 Å². The second kappa shape index (κ2) is 12.0. The predicted octanol–water partition coefficient (Wildman–Crippen LogP) is 2.75. The fourth-order valence-electron chi connectivity index (χ4n) is 8.51. The summed E-state index contributed by atoms with van der Waals surface area (Å²) in [5.41, 5.74) is -2.50. The molecule has 3 fully saturated rings. The quantitative estimate of drug-likeness (QED) is 0.181. The van der Waals surface area contributed by atoms with E-state index in [9.17, 15) is 28.8 Å². The number of ether oxygens (including phenoxy) is 7. The molecule has 250 valence electrons. The number of rotatable bonds is 6. The summed E-state index contributed by atoms with van der Waals surface area (Å²) < 4.78 is 42.1. The molecule has 3 aliphatic carbocycles. The first-order valence-corrected chi connectivity index (χ1v) is 15.2. The zero-order chi connectivity index (χ0) is 33.8. The Morgan fingerprint density at radius 3 is 1.62 bits per heavy atom. The zero-order valence-corrected chi connectivity index (χ0v) is 27.5. The van der Waals surface area contributed by atoms with E-state index < -0.39 is 101 Å². The van der Waals surface area contributed by atoms with Gasteiger partial charge in [-0.05, 0) is 29.9 Å². The van der Waals surface area contributed by atoms with Crippen molar-refractivity contribution in [1.29, 1.82) is 0 Å². The van der Waals surface area contributed by atoms with Crippen LogP contribution in [0, 0.1) is 22.7 Å². The van der Waals surface area contributed by atoms with Crippen LogP contribution in [0.2, 0.25) is 0 Å². The van der Waals surface area contributed by atoms with Gasteiger partial charge in [-0.15, -0.1) is 0 Å². The van der Waals surface area contributed by atoms with Crippen LogP contribution in [0.25, 0.3) is 0 Å². The van der Waals surface area contributed by atoms with Gasteiger partial charge in [-0.2, -0.15) is 0 Å². The molecule has 10 atom stereocenters. The number of carbonyl (C=O) groups is 6. The number of hydrogen-bond donors (Lipinski definition) is 0. The van der Waals surface area contributed by atoms with Crippen molar-refractivity contribution in [3.8, 4) is 0 Å². The average molecular weight is 637 g/mol. The van der Waals surface area contributed by atoms with Gasteiger partial charge >= 0.3 is 35.8 Å². The fraction of sp³-hybridized carbons (Fsp3) is 0.750. The average Bonchev–Trinajstić information content (AvgIpc) is 3.65. The lowest BCUT2D eigenvalue weighted by Crippen LogP contribution is -2.72. The molecule has 2 saturated carbocycles. The van der Waals surface area contributed by atoms with Gasteiger partial charge in [-0.25, -0.2) is 0 Å². The van der Waals surface area contributed by atoms with Crippen LogP contribution in [0.15, 0.2) is 11.1 Å². The summed E-state index contributed by atoms with van der Waals surface area (Å²) in [4.78, 5) is 76.0. The number of esters is 6. The van der Waals surface area contributed by atoms with E-state index in [2.05, 4.69) is 0 Å². The standard InChI is InChI=1S/C32H44O13/c1-14-22(40-15(2)33)11-21-26(43-18(5)36)28-31(10,23(41-16(3)34)12-24(42-17(4)35)32(28)13-39-32)29(45-20(7)38)27(44-19(6)37)25(14)30(21,8)9/h21-24,26-29H,11-13H2,1-10H3/t21-,22+,23+,24+,26+,27+,28+,29-,31-,32+/m0/s1. The van der Waals surface area contributed by atoms with Gasteiger partial charge in [0.05, 0.1) is 12.0 Å². The topological polar surface area (TPSA) is 170 Å². The molecular weight excluding hydrogens is 592 g/mol. The van der Waals surface area contributed by atoms with Gasteiger partial charge in [0.15, 0.2) is 12.2 Å². The van der Waals surface area contributed by atoms with Crippen molar-refractivity contribution < 1.29 is 61.9 Å². The van der Waals surface area contributed by atoms with E-state index in [1.54, 1.807) is 13.8 Å². The Labute approximate surface area is 262 Å². The summed E-state index contributed by atoms with van der Waals surface area (Å²) >= 11 is 0. The second-order valence-electron chi connectivity index (χ2n) is 13.4. The lowest BCUT2D eigenvalue weighted by atomic mass is 9.47. The van der Waals surface area contributed by atoms with Crippen LogP contribution >= 0.6 is 0 Å². The largest absolute Gasteiger partial charge is 0.462 e. The summed E-state index contributed by atoms with van der Waals surface area (Å²) in [6.07, 6.45) is -6.25. The first-order chi connectivity index (χ1) is 20.8. The SMILES string of the molecule is CC(=O)O[C@@H]1[C@@H]2C[C@@H](OC(C)=O)C(C)=C([C@@H](OC(C)=O)[C@H](OC(C)=O)[C@@]3(C)[C@H](OC(C)=O)C[C@@H](OC(C)=O)[C@]4(CO4)[C@H]13)C2(C)C. The van der Waals surface area contributed by atoms with Crippen LogP contribution in [0.4, 0.5) is 0 Å². The van der Waals surface area contributed by atoms with Gasteiger partial charge in [0, 0.05) is 59.8 Å². The van der Waals surface area contributed by atoms with Crippen LogP contribution in [0.3, 0.4) is 0 Å². The molecule has 0 aromatic heterocycles. The molecule has 0 amide bonds. The van der Waals surface area contributed by atoms with Gasteiger partial charge in [0.2, 0.25) is 0 Å². The third-order valence-corrected chi connectivity index (χ3v) is 10.0. The molecule has 13 nitrogen and oxygen atoms in total. The number of hydrogen-bond acceptors (Lipinski definition) is 13. The smallest absolute Gasteiger partial charge is 0.303 e. The Morgan fingerprint density at radius 2 is 1.16 bits per heavy atom. The maximum Gasteiger partial charge on any atom is 0.303 e. The molecule has 0 N–H and O–H groups in total. The van der Waals surface area contributed by atoms with Crippen molar-refractivity contribution in [3.05, 3.63) is 11.1 Å². The highest BCUT2D eigenvalue weighted by Crippen LogP contribution is 2.66. The highest BCUT2D eigenvalue weighted by Gasteiger charge is 2.77. The van der Waals surface area contributed by atoms with Gasteiger partial charge in [0.1, 0.15) is 30.0 Å². The van der Waals surface area contributed by atoms with Crippen molar-refractivity contribution in [1.82, 2.24) is 0 Å². The molecule has 1 heterocycles. The van der Waals surface area contributed by atoms with E-state index in [0.717, 1.165) is 0 Å². The maximum absolute atomic E-state index is 12.9. The lowest BCUT2D eigenvalue weighted by Gasteiger charge is -2.62. The van der Waals surface area contributed by atoms with Crippen molar-refractivity contribution in [2.45, 2.75) is 124 Å². The van der Waals surface area contributed by atoms with Crippen molar-refractivity contribution in [2.24, 2.45) is 22.7 Å². The minimum atomic E-state index is -1.45. The molecule has 4 aliphatic rings. The number of epoxide rings is 1. The van der Waals surface area contributed by atoms with Gasteiger partial charge in [-0.1, -0.05) is 20.8 Å². The highest BCUT2D eigenvalue weighted by molar-refractivity contribution is 5.70. The molecule has 1 saturated heterocycles. The maximum atomic E-state index is 12.9. The Hall–Kier alpha value is -3.48.